The molecule has 410 valence electrons. The number of benzene rings is 5. The third-order valence-corrected chi connectivity index (χ3v) is 14.0. The molecule has 2 N–H and O–H groups in total. The molecular weight excluding hydrogens is 1020 g/mol. The van der Waals surface area contributed by atoms with E-state index in [-0.39, 0.29) is 30.0 Å². The predicted octanol–water partition coefficient (Wildman–Crippen LogP) is 10.3. The molecule has 2 atom stereocenters. The molecule has 2 fully saturated rings. The number of amides is 3. The van der Waals surface area contributed by atoms with Crippen LogP contribution in [0.15, 0.2) is 182 Å². The van der Waals surface area contributed by atoms with Crippen LogP contribution in [0.5, 0.6) is 11.5 Å². The summed E-state index contributed by atoms with van der Waals surface area (Å²) in [6.45, 7) is 10.5. The summed E-state index contributed by atoms with van der Waals surface area (Å²) in [6.07, 6.45) is 11.4. The van der Waals surface area contributed by atoms with Crippen LogP contribution in [-0.4, -0.2) is 96.4 Å². The largest absolute Gasteiger partial charge is 0.423 e. The lowest BCUT2D eigenvalue weighted by Gasteiger charge is -2.41. The predicted molar refractivity (Wildman–Crippen MR) is 306 cm³/mol. The number of hydrogen-bond donors (Lipinski definition) is 2. The molecule has 0 bridgehead atoms. The zero-order valence-corrected chi connectivity index (χ0v) is 45.3. The van der Waals surface area contributed by atoms with Gasteiger partial charge in [0.25, 0.3) is 0 Å². The number of fused-ring (bicyclic) bond motifs is 2. The number of allylic oxidation sites excluding steroid dienone is 2. The fourth-order valence-corrected chi connectivity index (χ4v) is 10.1. The quantitative estimate of drug-likeness (QED) is 0.0778. The second-order valence-electron chi connectivity index (χ2n) is 20.0. The highest BCUT2D eigenvalue weighted by Gasteiger charge is 2.32. The summed E-state index contributed by atoms with van der Waals surface area (Å²) < 4.78 is 20.7. The van der Waals surface area contributed by atoms with Crippen molar-refractivity contribution in [2.45, 2.75) is 65.0 Å². The minimum absolute atomic E-state index is 0.0931. The van der Waals surface area contributed by atoms with E-state index in [9.17, 15) is 28.8 Å². The summed E-state index contributed by atoms with van der Waals surface area (Å²) in [5.41, 5.74) is 5.15. The van der Waals surface area contributed by atoms with E-state index < -0.39 is 22.8 Å². The second kappa shape index (κ2) is 28.5. The maximum absolute atomic E-state index is 13.3. The van der Waals surface area contributed by atoms with Crippen LogP contribution in [0.3, 0.4) is 0 Å². The highest BCUT2D eigenvalue weighted by Crippen LogP contribution is 2.26. The van der Waals surface area contributed by atoms with Gasteiger partial charge in [-0.2, -0.15) is 0 Å². The Kier molecular flexibility index (Phi) is 20.6. The highest BCUT2D eigenvalue weighted by atomic mass is 35.5. The van der Waals surface area contributed by atoms with Crippen LogP contribution >= 0.6 is 11.6 Å². The summed E-state index contributed by atoms with van der Waals surface area (Å²) in [7, 11) is 0. The number of nitrogens with zero attached hydrogens (tertiary/aromatic N) is 3. The third-order valence-electron chi connectivity index (χ3n) is 13.9. The van der Waals surface area contributed by atoms with E-state index >= 15 is 0 Å². The van der Waals surface area contributed by atoms with E-state index in [4.69, 9.17) is 25.2 Å². The molecule has 15 nitrogen and oxygen atoms in total. The van der Waals surface area contributed by atoms with Gasteiger partial charge in [0.2, 0.25) is 11.8 Å². The number of ether oxygens (including phenoxy) is 2. The first-order chi connectivity index (χ1) is 38.3. The van der Waals surface area contributed by atoms with Crippen LogP contribution in [0, 0.1) is 19.8 Å². The minimum atomic E-state index is -0.936. The fraction of sp³-hybridized carbons (Fsp3) is 0.302. The van der Waals surface area contributed by atoms with Crippen LogP contribution < -0.4 is 31.4 Å². The molecule has 4 heterocycles. The Labute approximate surface area is 464 Å². The van der Waals surface area contributed by atoms with Gasteiger partial charge in [0.05, 0.1) is 18.9 Å². The molecular formula is C63H66ClN5O10. The van der Waals surface area contributed by atoms with Gasteiger partial charge < -0.3 is 33.8 Å². The van der Waals surface area contributed by atoms with E-state index in [0.29, 0.717) is 55.4 Å². The Balaban J connectivity index is 0.000000174. The number of hydrogen-bond acceptors (Lipinski definition) is 12. The van der Waals surface area contributed by atoms with Gasteiger partial charge in [-0.05, 0) is 110 Å². The zero-order chi connectivity index (χ0) is 55.5. The fourth-order valence-electron chi connectivity index (χ4n) is 9.99. The van der Waals surface area contributed by atoms with Gasteiger partial charge in [0.15, 0.2) is 0 Å². The van der Waals surface area contributed by atoms with E-state index in [0.717, 1.165) is 78.6 Å². The number of halogens is 1. The Hall–Kier alpha value is -8.11. The molecule has 2 saturated heterocycles. The molecule has 0 saturated carbocycles. The van der Waals surface area contributed by atoms with Gasteiger partial charge in [-0.3, -0.25) is 19.4 Å². The van der Waals surface area contributed by atoms with E-state index in [2.05, 4.69) is 73.7 Å². The molecule has 79 heavy (non-hydrogen) atoms. The first kappa shape index (κ1) is 57.1. The first-order valence-corrected chi connectivity index (χ1v) is 27.1. The summed E-state index contributed by atoms with van der Waals surface area (Å²) in [4.78, 5) is 78.1. The van der Waals surface area contributed by atoms with Crippen molar-refractivity contribution in [1.82, 2.24) is 25.3 Å². The van der Waals surface area contributed by atoms with Crippen LogP contribution in [0.25, 0.3) is 21.9 Å². The van der Waals surface area contributed by atoms with E-state index in [1.54, 1.807) is 42.2 Å². The van der Waals surface area contributed by atoms with Gasteiger partial charge in [-0.15, -0.1) is 0 Å². The van der Waals surface area contributed by atoms with Crippen molar-refractivity contribution in [1.29, 1.82) is 0 Å². The molecule has 2 unspecified atom stereocenters. The zero-order valence-electron chi connectivity index (χ0n) is 44.6. The number of aryl methyl sites for hydroxylation is 2. The minimum Gasteiger partial charge on any atom is -0.423 e. The van der Waals surface area contributed by atoms with Crippen LogP contribution in [0.4, 0.5) is 9.59 Å². The van der Waals surface area contributed by atoms with Crippen molar-refractivity contribution < 1.29 is 37.5 Å². The highest BCUT2D eigenvalue weighted by molar-refractivity contribution is 6.61. The van der Waals surface area contributed by atoms with E-state index in [1.807, 2.05) is 67.6 Å². The lowest BCUT2D eigenvalue weighted by atomic mass is 9.97. The second-order valence-corrected chi connectivity index (χ2v) is 20.3. The van der Waals surface area contributed by atoms with Crippen LogP contribution in [0.2, 0.25) is 0 Å². The van der Waals surface area contributed by atoms with E-state index in [1.165, 1.54) is 42.2 Å². The molecule has 1 aliphatic carbocycles. The van der Waals surface area contributed by atoms with Gasteiger partial charge in [-0.25, -0.2) is 19.2 Å². The average molecular weight is 1090 g/mol. The molecule has 10 rings (SSSR count). The molecule has 16 heteroatoms. The molecule has 5 aromatic carbocycles. The standard InChI is InChI=1S/C31H33N3O5.C21H26N2O.C11H7ClO4/c1-22-16-30(36)39-28-18-26(12-13-27(22)28)38-31(37)34-15-14-33(20-24-10-6-3-7-11-24)21-25(34)19-32-29(35)17-23-8-4-2-5-9-23;24-21(14-18-8-3-1-4-9-18)22-15-20-12-7-13-23(17-20)16-19-10-5-2-6-11-19;1-6-4-10(13)16-9-5-7(15-11(12)14)2-3-8(6)9/h2,4-6,8-13,16,18,25H,3,7,14-15,17,19-21H2,1H3,(H,32,35);1-6,8-11,20H,7,12-17H2,(H,22,24);2-5H,1H3. The van der Waals surface area contributed by atoms with Gasteiger partial charge in [0, 0.05) is 99.0 Å². The van der Waals surface area contributed by atoms with Crippen molar-refractivity contribution in [2.24, 2.45) is 5.92 Å². The normalized spacial score (nSPS) is 16.3. The topological polar surface area (TPSA) is 181 Å². The lowest BCUT2D eigenvalue weighted by molar-refractivity contribution is -0.121. The molecule has 2 aliphatic heterocycles. The number of piperazine rings is 1. The molecule has 3 aliphatic rings. The van der Waals surface area contributed by atoms with Gasteiger partial charge in [-0.1, -0.05) is 109 Å². The third kappa shape index (κ3) is 17.7. The molecule has 0 spiro atoms. The SMILES string of the molecule is Cc1cc(=O)oc2cc(OC(=O)Cl)ccc12.Cc1cc(=O)oc2cc(OC(=O)N3CCN(CC4=CCCC=C4)CC3CNC(=O)Cc3ccccc3)ccc12.O=C(Cc1ccccc1)NCC1CCCN(Cc2ccccc2)C1. The Morgan fingerprint density at radius 1 is 0.608 bits per heavy atom. The molecule has 7 aromatic rings. The van der Waals surface area contributed by atoms with Crippen molar-refractivity contribution >= 4 is 56.9 Å². The number of nitrogens with one attached hydrogen (secondary N) is 2. The lowest BCUT2D eigenvalue weighted by Crippen LogP contribution is -2.59. The van der Waals surface area contributed by atoms with Gasteiger partial charge in [0.1, 0.15) is 22.7 Å². The van der Waals surface area contributed by atoms with Crippen LogP contribution in [0.1, 0.15) is 53.5 Å². The molecule has 2 aromatic heterocycles. The van der Waals surface area contributed by atoms with Crippen molar-refractivity contribution in [3.63, 3.8) is 0 Å². The number of rotatable bonds is 14. The Bertz CT molecular complexity index is 3380. The average Bonchev–Trinajstić information content (AvgIpc) is 3.48. The summed E-state index contributed by atoms with van der Waals surface area (Å²) >= 11 is 5.07. The number of likely N-dealkylation sites (tertiary alicyclic amines) is 1. The summed E-state index contributed by atoms with van der Waals surface area (Å²) in [6, 6.07) is 42.5. The molecule has 3 amide bonds. The number of carbonyl (C=O) groups excluding carboxylic acids is 4. The van der Waals surface area contributed by atoms with Crippen molar-refractivity contribution in [3.8, 4) is 11.5 Å². The maximum Gasteiger partial charge on any atom is 0.415 e. The maximum atomic E-state index is 13.3. The summed E-state index contributed by atoms with van der Waals surface area (Å²) in [5, 5.41) is 7.71. The van der Waals surface area contributed by atoms with Crippen molar-refractivity contribution in [3.05, 3.63) is 212 Å². The number of piperidine rings is 1. The monoisotopic (exact) mass is 1090 g/mol. The van der Waals surface area contributed by atoms with Crippen LogP contribution in [-0.2, 0) is 29.0 Å². The summed E-state index contributed by atoms with van der Waals surface area (Å²) in [5.74, 6) is 1.13. The van der Waals surface area contributed by atoms with Crippen molar-refractivity contribution in [2.75, 3.05) is 52.4 Å². The Morgan fingerprint density at radius 3 is 1.71 bits per heavy atom. The number of carbonyl (C=O) groups is 4. The van der Waals surface area contributed by atoms with Gasteiger partial charge >= 0.3 is 22.8 Å². The molecule has 0 radical (unpaired) electrons. The first-order valence-electron chi connectivity index (χ1n) is 26.7. The smallest absolute Gasteiger partial charge is 0.415 e. The Morgan fingerprint density at radius 2 is 1.15 bits per heavy atom.